The number of carbonyl (C=O) groups excluding carboxylic acids is 2. The van der Waals surface area contributed by atoms with Gasteiger partial charge in [-0.15, -0.1) is 0 Å². The molecule has 0 radical (unpaired) electrons. The van der Waals surface area contributed by atoms with Gasteiger partial charge in [0.2, 0.25) is 0 Å². The van der Waals surface area contributed by atoms with Crippen LogP contribution >= 0.6 is 11.8 Å². The standard InChI is InChI=1S/C15H19N3O3S/c1-22-8-11(16)15(20)21-13(14(17)19)6-9-7-18-12-5-3-2-4-10(9)12/h2-5,7,11,13,18H,6,8,16H2,1H3,(H2,17,19)/t11-,13-/m0/s1. The number of carbonyl (C=O) groups is 2. The maximum atomic E-state index is 11.9. The second-order valence-electron chi connectivity index (χ2n) is 4.95. The number of benzene rings is 1. The fourth-order valence-corrected chi connectivity index (χ4v) is 2.67. The fourth-order valence-electron chi connectivity index (χ4n) is 2.18. The number of hydrogen-bond donors (Lipinski definition) is 3. The van der Waals surface area contributed by atoms with Gasteiger partial charge in [0, 0.05) is 29.3 Å². The highest BCUT2D eigenvalue weighted by Gasteiger charge is 2.25. The number of primary amides is 1. The monoisotopic (exact) mass is 321 g/mol. The Hall–Kier alpha value is -1.99. The second kappa shape index (κ2) is 7.33. The molecule has 1 aromatic carbocycles. The van der Waals surface area contributed by atoms with Crippen LogP contribution in [0.15, 0.2) is 30.5 Å². The van der Waals surface area contributed by atoms with Crippen LogP contribution in [-0.4, -0.2) is 41.0 Å². The molecule has 0 saturated heterocycles. The van der Waals surface area contributed by atoms with E-state index in [2.05, 4.69) is 4.98 Å². The molecule has 7 heteroatoms. The van der Waals surface area contributed by atoms with E-state index in [1.165, 1.54) is 11.8 Å². The van der Waals surface area contributed by atoms with E-state index in [-0.39, 0.29) is 6.42 Å². The molecular formula is C15H19N3O3S. The van der Waals surface area contributed by atoms with Gasteiger partial charge in [-0.3, -0.25) is 9.59 Å². The van der Waals surface area contributed by atoms with Gasteiger partial charge in [-0.05, 0) is 17.9 Å². The number of fused-ring (bicyclic) bond motifs is 1. The number of para-hydroxylation sites is 1. The Morgan fingerprint density at radius 3 is 2.77 bits per heavy atom. The van der Waals surface area contributed by atoms with Crippen LogP contribution < -0.4 is 11.5 Å². The minimum Gasteiger partial charge on any atom is -0.451 e. The molecule has 1 aromatic heterocycles. The Labute approximate surface area is 132 Å². The summed E-state index contributed by atoms with van der Waals surface area (Å²) in [7, 11) is 0. The number of ether oxygens (including phenoxy) is 1. The fraction of sp³-hybridized carbons (Fsp3) is 0.333. The Morgan fingerprint density at radius 1 is 1.36 bits per heavy atom. The number of esters is 1. The van der Waals surface area contributed by atoms with Gasteiger partial charge in [-0.1, -0.05) is 18.2 Å². The topological polar surface area (TPSA) is 111 Å². The van der Waals surface area contributed by atoms with Crippen molar-refractivity contribution in [2.45, 2.75) is 18.6 Å². The summed E-state index contributed by atoms with van der Waals surface area (Å²) in [6, 6.07) is 6.91. The van der Waals surface area contributed by atoms with Crippen LogP contribution in [0.25, 0.3) is 10.9 Å². The number of rotatable bonds is 7. The number of nitrogens with two attached hydrogens (primary N) is 2. The highest BCUT2D eigenvalue weighted by molar-refractivity contribution is 7.98. The summed E-state index contributed by atoms with van der Waals surface area (Å²) in [5.41, 5.74) is 12.9. The van der Waals surface area contributed by atoms with Crippen LogP contribution in [0.5, 0.6) is 0 Å². The third-order valence-corrected chi connectivity index (χ3v) is 4.00. The van der Waals surface area contributed by atoms with Gasteiger partial charge < -0.3 is 21.2 Å². The lowest BCUT2D eigenvalue weighted by Gasteiger charge is -2.17. The molecule has 2 rings (SSSR count). The molecule has 0 fully saturated rings. The third-order valence-electron chi connectivity index (χ3n) is 3.30. The Bertz CT molecular complexity index is 671. The second-order valence-corrected chi connectivity index (χ2v) is 5.86. The lowest BCUT2D eigenvalue weighted by molar-refractivity contribution is -0.155. The van der Waals surface area contributed by atoms with E-state index in [9.17, 15) is 9.59 Å². The van der Waals surface area contributed by atoms with Gasteiger partial charge in [-0.2, -0.15) is 11.8 Å². The minimum absolute atomic E-state index is 0.219. The number of nitrogens with one attached hydrogen (secondary N) is 1. The molecule has 6 nitrogen and oxygen atoms in total. The van der Waals surface area contributed by atoms with Crippen molar-refractivity contribution in [2.75, 3.05) is 12.0 Å². The van der Waals surface area contributed by atoms with Gasteiger partial charge in [0.15, 0.2) is 6.10 Å². The maximum Gasteiger partial charge on any atom is 0.324 e. The van der Waals surface area contributed by atoms with E-state index in [1.54, 1.807) is 6.20 Å². The zero-order valence-electron chi connectivity index (χ0n) is 12.2. The lowest BCUT2D eigenvalue weighted by atomic mass is 10.1. The van der Waals surface area contributed by atoms with E-state index >= 15 is 0 Å². The first-order valence-corrected chi connectivity index (χ1v) is 8.21. The van der Waals surface area contributed by atoms with E-state index in [0.29, 0.717) is 5.75 Å². The van der Waals surface area contributed by atoms with Gasteiger partial charge in [0.1, 0.15) is 6.04 Å². The Kier molecular flexibility index (Phi) is 5.46. The van der Waals surface area contributed by atoms with Crippen molar-refractivity contribution >= 4 is 34.5 Å². The molecule has 0 spiro atoms. The van der Waals surface area contributed by atoms with E-state index < -0.39 is 24.0 Å². The number of thioether (sulfide) groups is 1. The first kappa shape index (κ1) is 16.4. The minimum atomic E-state index is -1.03. The average Bonchev–Trinajstić information content (AvgIpc) is 2.90. The van der Waals surface area contributed by atoms with Gasteiger partial charge >= 0.3 is 5.97 Å². The molecule has 2 aromatic rings. The number of amides is 1. The first-order chi connectivity index (χ1) is 10.5. The Balaban J connectivity index is 2.12. The molecule has 0 aliphatic rings. The largest absolute Gasteiger partial charge is 0.451 e. The summed E-state index contributed by atoms with van der Waals surface area (Å²) in [4.78, 5) is 26.5. The molecule has 0 aliphatic heterocycles. The van der Waals surface area contributed by atoms with E-state index in [4.69, 9.17) is 16.2 Å². The van der Waals surface area contributed by atoms with Crippen LogP contribution in [0.4, 0.5) is 0 Å². The van der Waals surface area contributed by atoms with Crippen LogP contribution in [0.2, 0.25) is 0 Å². The van der Waals surface area contributed by atoms with Crippen LogP contribution in [0.3, 0.4) is 0 Å². The number of aromatic amines is 1. The molecule has 0 aliphatic carbocycles. The van der Waals surface area contributed by atoms with Crippen LogP contribution in [-0.2, 0) is 20.7 Å². The number of hydrogen-bond acceptors (Lipinski definition) is 5. The normalized spacial score (nSPS) is 13.7. The molecule has 0 saturated carbocycles. The van der Waals surface area contributed by atoms with Crippen molar-refractivity contribution in [3.05, 3.63) is 36.0 Å². The summed E-state index contributed by atoms with van der Waals surface area (Å²) in [6.45, 7) is 0. The highest BCUT2D eigenvalue weighted by atomic mass is 32.2. The molecular weight excluding hydrogens is 302 g/mol. The Morgan fingerprint density at radius 2 is 2.09 bits per heavy atom. The zero-order chi connectivity index (χ0) is 16.1. The summed E-state index contributed by atoms with van der Waals surface area (Å²) in [5.74, 6) is -0.870. The third kappa shape index (κ3) is 3.80. The van der Waals surface area contributed by atoms with Gasteiger partial charge in [0.25, 0.3) is 5.91 Å². The predicted octanol–water partition coefficient (Wildman–Crippen LogP) is 0.798. The summed E-state index contributed by atoms with van der Waals surface area (Å²) in [6.07, 6.45) is 2.82. The number of aromatic nitrogens is 1. The van der Waals surface area contributed by atoms with Crippen LogP contribution in [0, 0.1) is 0 Å². The van der Waals surface area contributed by atoms with E-state index in [1.807, 2.05) is 30.5 Å². The van der Waals surface area contributed by atoms with Crippen molar-refractivity contribution in [1.82, 2.24) is 4.98 Å². The maximum absolute atomic E-state index is 11.9. The molecule has 118 valence electrons. The van der Waals surface area contributed by atoms with Gasteiger partial charge in [0.05, 0.1) is 0 Å². The van der Waals surface area contributed by atoms with Gasteiger partial charge in [-0.25, -0.2) is 0 Å². The molecule has 5 N–H and O–H groups in total. The van der Waals surface area contributed by atoms with Crippen LogP contribution in [0.1, 0.15) is 5.56 Å². The van der Waals surface area contributed by atoms with E-state index in [0.717, 1.165) is 16.5 Å². The molecule has 22 heavy (non-hydrogen) atoms. The summed E-state index contributed by atoms with van der Waals surface area (Å²) >= 11 is 1.43. The summed E-state index contributed by atoms with van der Waals surface area (Å²) < 4.78 is 5.18. The predicted molar refractivity (Wildman–Crippen MR) is 87.4 cm³/mol. The molecule has 0 unspecified atom stereocenters. The number of H-pyrrole nitrogens is 1. The smallest absolute Gasteiger partial charge is 0.324 e. The van der Waals surface area contributed by atoms with Crippen molar-refractivity contribution in [3.8, 4) is 0 Å². The molecule has 0 bridgehead atoms. The average molecular weight is 321 g/mol. The zero-order valence-corrected chi connectivity index (χ0v) is 13.1. The SMILES string of the molecule is CSC[C@H](N)C(=O)O[C@@H](Cc1c[nH]c2ccccc12)C(N)=O. The summed E-state index contributed by atoms with van der Waals surface area (Å²) in [5, 5.41) is 0.971. The lowest BCUT2D eigenvalue weighted by Crippen LogP contribution is -2.42. The van der Waals surface area contributed by atoms with Crippen molar-refractivity contribution in [1.29, 1.82) is 0 Å². The van der Waals surface area contributed by atoms with Crippen molar-refractivity contribution in [3.63, 3.8) is 0 Å². The highest BCUT2D eigenvalue weighted by Crippen LogP contribution is 2.20. The quantitative estimate of drug-likeness (QED) is 0.653. The van der Waals surface area contributed by atoms with Crippen molar-refractivity contribution in [2.24, 2.45) is 11.5 Å². The molecule has 1 heterocycles. The first-order valence-electron chi connectivity index (χ1n) is 6.82. The molecule has 2 atom stereocenters. The molecule has 1 amide bonds. The van der Waals surface area contributed by atoms with Crippen molar-refractivity contribution < 1.29 is 14.3 Å².